The summed E-state index contributed by atoms with van der Waals surface area (Å²) in [7, 11) is 0. The van der Waals surface area contributed by atoms with Gasteiger partial charge in [0.2, 0.25) is 0 Å². The van der Waals surface area contributed by atoms with Crippen molar-refractivity contribution in [3.05, 3.63) is 35.9 Å². The molecule has 19 heavy (non-hydrogen) atoms. The number of urea groups is 1. The first-order valence-electron chi connectivity index (χ1n) is 5.78. The lowest BCUT2D eigenvalue weighted by Crippen LogP contribution is -2.53. The normalized spacial score (nSPS) is 19.5. The average molecular weight is 262 g/mol. The molecule has 0 aromatic heterocycles. The monoisotopic (exact) mass is 262 g/mol. The van der Waals surface area contributed by atoms with Gasteiger partial charge in [0.1, 0.15) is 11.6 Å². The Kier molecular flexibility index (Phi) is 3.01. The molecule has 0 radical (unpaired) electrons. The molecule has 6 nitrogen and oxygen atoms in total. The fourth-order valence-electron chi connectivity index (χ4n) is 1.98. The van der Waals surface area contributed by atoms with E-state index in [2.05, 4.69) is 5.32 Å². The Hall–Kier alpha value is -2.37. The van der Waals surface area contributed by atoms with Gasteiger partial charge < -0.3 is 10.4 Å². The minimum Gasteiger partial charge on any atom is -0.480 e. The highest BCUT2D eigenvalue weighted by Gasteiger charge is 2.49. The van der Waals surface area contributed by atoms with E-state index in [1.807, 2.05) is 0 Å². The van der Waals surface area contributed by atoms with E-state index in [0.717, 1.165) is 4.90 Å². The first kappa shape index (κ1) is 13.1. The van der Waals surface area contributed by atoms with Gasteiger partial charge in [-0.25, -0.2) is 14.5 Å². The summed E-state index contributed by atoms with van der Waals surface area (Å²) in [6.07, 6.45) is 0. The Bertz CT molecular complexity index is 539. The summed E-state index contributed by atoms with van der Waals surface area (Å²) in [6, 6.07) is 7.20. The third kappa shape index (κ3) is 2.05. The van der Waals surface area contributed by atoms with Crippen LogP contribution in [0.4, 0.5) is 4.79 Å². The zero-order valence-corrected chi connectivity index (χ0v) is 10.6. The highest BCUT2D eigenvalue weighted by molar-refractivity contribution is 6.08. The molecule has 1 saturated heterocycles. The number of nitrogens with one attached hydrogen (secondary N) is 1. The number of hydrogen-bond donors (Lipinski definition) is 2. The molecule has 1 aromatic rings. The lowest BCUT2D eigenvalue weighted by molar-refractivity contribution is -0.152. The maximum atomic E-state index is 12.2. The Labute approximate surface area is 110 Å². The van der Waals surface area contributed by atoms with Crippen LogP contribution in [0.5, 0.6) is 0 Å². The highest BCUT2D eigenvalue weighted by atomic mass is 16.4. The number of carboxylic acids is 1. The summed E-state index contributed by atoms with van der Waals surface area (Å²) in [5.41, 5.74) is -0.949. The van der Waals surface area contributed by atoms with Gasteiger partial charge >= 0.3 is 12.0 Å². The quantitative estimate of drug-likeness (QED) is 0.800. The third-order valence-electron chi connectivity index (χ3n) is 3.15. The molecule has 1 aromatic carbocycles. The number of imide groups is 1. The van der Waals surface area contributed by atoms with Crippen LogP contribution in [0.1, 0.15) is 25.5 Å². The molecule has 2 rings (SSSR count). The Balaban J connectivity index is 2.35. The van der Waals surface area contributed by atoms with Crippen LogP contribution < -0.4 is 5.32 Å². The number of carbonyl (C=O) groups is 3. The summed E-state index contributed by atoms with van der Waals surface area (Å²) in [6.45, 7) is 2.64. The van der Waals surface area contributed by atoms with Crippen molar-refractivity contribution in [1.82, 2.24) is 10.2 Å². The van der Waals surface area contributed by atoms with Crippen molar-refractivity contribution in [2.45, 2.75) is 25.4 Å². The van der Waals surface area contributed by atoms with Crippen LogP contribution in [0.2, 0.25) is 0 Å². The van der Waals surface area contributed by atoms with Gasteiger partial charge in [-0.1, -0.05) is 30.3 Å². The Morgan fingerprint density at radius 2 is 1.84 bits per heavy atom. The van der Waals surface area contributed by atoms with Crippen molar-refractivity contribution in [3.8, 4) is 0 Å². The zero-order chi connectivity index (χ0) is 14.2. The minimum absolute atomic E-state index is 0.552. The molecule has 6 heteroatoms. The second-order valence-corrected chi connectivity index (χ2v) is 4.83. The Morgan fingerprint density at radius 1 is 1.26 bits per heavy atom. The van der Waals surface area contributed by atoms with E-state index < -0.39 is 29.5 Å². The second-order valence-electron chi connectivity index (χ2n) is 4.83. The number of amides is 3. The summed E-state index contributed by atoms with van der Waals surface area (Å²) >= 11 is 0. The molecule has 0 saturated carbocycles. The largest absolute Gasteiger partial charge is 0.480 e. The van der Waals surface area contributed by atoms with Crippen molar-refractivity contribution >= 4 is 17.9 Å². The van der Waals surface area contributed by atoms with E-state index in [4.69, 9.17) is 5.11 Å². The fourth-order valence-corrected chi connectivity index (χ4v) is 1.98. The van der Waals surface area contributed by atoms with Crippen LogP contribution in [-0.2, 0) is 9.59 Å². The van der Waals surface area contributed by atoms with E-state index in [9.17, 15) is 14.4 Å². The molecule has 1 aliphatic heterocycles. The van der Waals surface area contributed by atoms with E-state index in [1.54, 1.807) is 30.3 Å². The van der Waals surface area contributed by atoms with E-state index >= 15 is 0 Å². The van der Waals surface area contributed by atoms with Crippen molar-refractivity contribution in [2.75, 3.05) is 0 Å². The number of nitrogens with zero attached hydrogens (tertiary/aromatic N) is 1. The Morgan fingerprint density at radius 3 is 2.37 bits per heavy atom. The van der Waals surface area contributed by atoms with E-state index in [1.165, 1.54) is 13.8 Å². The molecular weight excluding hydrogens is 248 g/mol. The van der Waals surface area contributed by atoms with Crippen molar-refractivity contribution in [3.63, 3.8) is 0 Å². The molecule has 2 N–H and O–H groups in total. The SMILES string of the molecule is CC(C)(C(=O)O)N1C(=O)NC(c2ccccc2)C1=O. The first-order chi connectivity index (χ1) is 8.85. The summed E-state index contributed by atoms with van der Waals surface area (Å²) in [4.78, 5) is 36.0. The number of benzene rings is 1. The summed E-state index contributed by atoms with van der Waals surface area (Å²) in [5.74, 6) is -1.78. The maximum Gasteiger partial charge on any atom is 0.329 e. The van der Waals surface area contributed by atoms with Gasteiger partial charge in [0.15, 0.2) is 0 Å². The predicted molar refractivity (Wildman–Crippen MR) is 66.3 cm³/mol. The molecule has 3 amide bonds. The second kappa shape index (κ2) is 4.38. The van der Waals surface area contributed by atoms with Crippen LogP contribution in [0.15, 0.2) is 30.3 Å². The van der Waals surface area contributed by atoms with Gasteiger partial charge in [0.25, 0.3) is 5.91 Å². The van der Waals surface area contributed by atoms with Gasteiger partial charge in [0.05, 0.1) is 0 Å². The van der Waals surface area contributed by atoms with Gasteiger partial charge in [0, 0.05) is 0 Å². The molecule has 0 bridgehead atoms. The van der Waals surface area contributed by atoms with Crippen LogP contribution in [0.25, 0.3) is 0 Å². The van der Waals surface area contributed by atoms with Crippen molar-refractivity contribution in [2.24, 2.45) is 0 Å². The zero-order valence-electron chi connectivity index (χ0n) is 10.6. The number of rotatable bonds is 3. The van der Waals surface area contributed by atoms with Crippen molar-refractivity contribution in [1.29, 1.82) is 0 Å². The number of aliphatic carboxylic acids is 1. The topological polar surface area (TPSA) is 86.7 Å². The average Bonchev–Trinajstić information content (AvgIpc) is 2.66. The van der Waals surface area contributed by atoms with Gasteiger partial charge in [-0.15, -0.1) is 0 Å². The predicted octanol–water partition coefficient (Wildman–Crippen LogP) is 1.14. The van der Waals surface area contributed by atoms with Crippen LogP contribution in [0.3, 0.4) is 0 Å². The first-order valence-corrected chi connectivity index (χ1v) is 5.78. The number of carbonyl (C=O) groups excluding carboxylic acids is 2. The maximum absolute atomic E-state index is 12.2. The minimum atomic E-state index is -1.58. The van der Waals surface area contributed by atoms with Gasteiger partial charge in [-0.2, -0.15) is 0 Å². The molecule has 1 unspecified atom stereocenters. The molecule has 1 heterocycles. The summed E-state index contributed by atoms with van der Waals surface area (Å²) < 4.78 is 0. The van der Waals surface area contributed by atoms with E-state index in [0.29, 0.717) is 5.56 Å². The van der Waals surface area contributed by atoms with Crippen LogP contribution in [-0.4, -0.2) is 33.5 Å². The number of carboxylic acid groups (broad SMARTS) is 1. The van der Waals surface area contributed by atoms with E-state index in [-0.39, 0.29) is 0 Å². The molecule has 1 fully saturated rings. The molecular formula is C13H14N2O4. The highest BCUT2D eigenvalue weighted by Crippen LogP contribution is 2.27. The molecule has 100 valence electrons. The molecule has 0 spiro atoms. The number of hydrogen-bond acceptors (Lipinski definition) is 3. The lowest BCUT2D eigenvalue weighted by atomic mass is 10.0. The van der Waals surface area contributed by atoms with Gasteiger partial charge in [-0.05, 0) is 19.4 Å². The molecule has 0 aliphatic carbocycles. The summed E-state index contributed by atoms with van der Waals surface area (Å²) in [5, 5.41) is 11.6. The smallest absolute Gasteiger partial charge is 0.329 e. The lowest BCUT2D eigenvalue weighted by Gasteiger charge is -2.28. The van der Waals surface area contributed by atoms with Crippen LogP contribution in [0, 0.1) is 0 Å². The van der Waals surface area contributed by atoms with Gasteiger partial charge in [-0.3, -0.25) is 4.79 Å². The van der Waals surface area contributed by atoms with Crippen LogP contribution >= 0.6 is 0 Å². The standard InChI is InChI=1S/C13H14N2O4/c1-13(2,11(17)18)15-10(16)9(14-12(15)19)8-6-4-3-5-7-8/h3-7,9H,1-2H3,(H,14,19)(H,17,18). The molecule has 1 atom stereocenters. The van der Waals surface area contributed by atoms with Crippen molar-refractivity contribution < 1.29 is 19.5 Å². The fraction of sp³-hybridized carbons (Fsp3) is 0.308. The molecule has 1 aliphatic rings. The third-order valence-corrected chi connectivity index (χ3v) is 3.15.